The first kappa shape index (κ1) is 20.4. The van der Waals surface area contributed by atoms with Gasteiger partial charge in [0, 0.05) is 18.8 Å². The van der Waals surface area contributed by atoms with E-state index in [9.17, 15) is 4.79 Å². The predicted octanol–water partition coefficient (Wildman–Crippen LogP) is 2.09. The Labute approximate surface area is 175 Å². The number of para-hydroxylation sites is 1. The van der Waals surface area contributed by atoms with Crippen molar-refractivity contribution in [2.24, 2.45) is 0 Å². The van der Waals surface area contributed by atoms with Crippen molar-refractivity contribution in [2.45, 2.75) is 25.2 Å². The van der Waals surface area contributed by atoms with Crippen LogP contribution in [-0.2, 0) is 9.47 Å². The van der Waals surface area contributed by atoms with Gasteiger partial charge in [0.15, 0.2) is 11.5 Å². The summed E-state index contributed by atoms with van der Waals surface area (Å²) in [6, 6.07) is 9.06. The van der Waals surface area contributed by atoms with E-state index < -0.39 is 0 Å². The molecular weight excluding hydrogens is 388 g/mol. The number of nitrogens with zero attached hydrogens (tertiary/aromatic N) is 2. The number of amides is 1. The zero-order chi connectivity index (χ0) is 21.1. The van der Waals surface area contributed by atoms with Crippen LogP contribution in [0.15, 0.2) is 36.5 Å². The van der Waals surface area contributed by atoms with Crippen LogP contribution in [0, 0.1) is 6.92 Å². The van der Waals surface area contributed by atoms with Gasteiger partial charge in [0.2, 0.25) is 0 Å². The highest BCUT2D eigenvalue weighted by molar-refractivity contribution is 5.98. The molecule has 1 amide bonds. The van der Waals surface area contributed by atoms with Gasteiger partial charge in [-0.15, -0.1) is 0 Å². The third-order valence-electron chi connectivity index (χ3n) is 5.32. The van der Waals surface area contributed by atoms with Crippen LogP contribution in [0.25, 0.3) is 0 Å². The summed E-state index contributed by atoms with van der Waals surface area (Å²) in [4.78, 5) is 19.1. The molecular formula is C22H26N2O6. The minimum absolute atomic E-state index is 0.135. The van der Waals surface area contributed by atoms with E-state index in [4.69, 9.17) is 23.7 Å². The van der Waals surface area contributed by atoms with Crippen molar-refractivity contribution in [3.63, 3.8) is 0 Å². The SMILES string of the molecule is COc1cccc(C(=O)N2C[C@@H]3OCC(Oc4ccc(C)nc4)CO[C@H]3C2)c1OC. The Bertz CT molecular complexity index is 872. The number of likely N-dealkylation sites (tertiary alicyclic amines) is 1. The molecule has 2 saturated heterocycles. The maximum Gasteiger partial charge on any atom is 0.257 e. The van der Waals surface area contributed by atoms with Gasteiger partial charge in [0.1, 0.15) is 24.1 Å². The van der Waals surface area contributed by atoms with Gasteiger partial charge < -0.3 is 28.6 Å². The minimum Gasteiger partial charge on any atom is -0.493 e. The first-order valence-electron chi connectivity index (χ1n) is 9.92. The summed E-state index contributed by atoms with van der Waals surface area (Å²) in [5.41, 5.74) is 1.39. The third kappa shape index (κ3) is 4.20. The number of methoxy groups -OCH3 is 2. The van der Waals surface area contributed by atoms with Crippen LogP contribution in [0.5, 0.6) is 17.2 Å². The Kier molecular flexibility index (Phi) is 6.06. The molecule has 8 nitrogen and oxygen atoms in total. The molecule has 0 bridgehead atoms. The van der Waals surface area contributed by atoms with Gasteiger partial charge in [-0.3, -0.25) is 9.78 Å². The summed E-state index contributed by atoms with van der Waals surface area (Å²) >= 11 is 0. The van der Waals surface area contributed by atoms with Crippen LogP contribution in [-0.4, -0.2) is 74.6 Å². The number of hydrogen-bond donors (Lipinski definition) is 0. The van der Waals surface area contributed by atoms with E-state index in [0.29, 0.717) is 49.1 Å². The highest BCUT2D eigenvalue weighted by atomic mass is 16.6. The Morgan fingerprint density at radius 3 is 2.40 bits per heavy atom. The average Bonchev–Trinajstić information content (AvgIpc) is 3.09. The molecule has 8 heteroatoms. The van der Waals surface area contributed by atoms with Crippen LogP contribution in [0.3, 0.4) is 0 Å². The number of carbonyl (C=O) groups is 1. The van der Waals surface area contributed by atoms with E-state index >= 15 is 0 Å². The number of carbonyl (C=O) groups excluding carboxylic acids is 1. The number of benzene rings is 1. The molecule has 2 aliphatic heterocycles. The second-order valence-electron chi connectivity index (χ2n) is 7.37. The number of ether oxygens (including phenoxy) is 5. The largest absolute Gasteiger partial charge is 0.493 e. The summed E-state index contributed by atoms with van der Waals surface area (Å²) in [6.45, 7) is 3.60. The Morgan fingerprint density at radius 1 is 1.07 bits per heavy atom. The molecule has 0 spiro atoms. The molecule has 2 aliphatic rings. The van der Waals surface area contributed by atoms with Crippen LogP contribution in [0.4, 0.5) is 0 Å². The maximum atomic E-state index is 13.1. The fourth-order valence-electron chi connectivity index (χ4n) is 3.75. The molecule has 1 aromatic carbocycles. The lowest BCUT2D eigenvalue weighted by molar-refractivity contribution is -0.00461. The standard InChI is InChI=1S/C22H26N2O6/c1-14-7-8-15(9-23-14)30-16-12-28-19-10-24(11-20(19)29-13-16)22(25)17-5-4-6-18(26-2)21(17)27-3/h4-9,16,19-20H,10-13H2,1-3H3/t19-,20-/m0/s1. The molecule has 3 heterocycles. The van der Waals surface area contributed by atoms with E-state index in [1.54, 1.807) is 36.4 Å². The van der Waals surface area contributed by atoms with Gasteiger partial charge in [-0.05, 0) is 31.2 Å². The highest BCUT2D eigenvalue weighted by Crippen LogP contribution is 2.33. The molecule has 2 fully saturated rings. The summed E-state index contributed by atoms with van der Waals surface area (Å²) in [6.07, 6.45) is 1.08. The first-order chi connectivity index (χ1) is 14.6. The van der Waals surface area contributed by atoms with Crippen LogP contribution in [0.2, 0.25) is 0 Å². The normalized spacial score (nSPS) is 21.6. The molecule has 4 rings (SSSR count). The quantitative estimate of drug-likeness (QED) is 0.741. The van der Waals surface area contributed by atoms with Crippen LogP contribution >= 0.6 is 0 Å². The predicted molar refractivity (Wildman–Crippen MR) is 108 cm³/mol. The van der Waals surface area contributed by atoms with Crippen LogP contribution < -0.4 is 14.2 Å². The third-order valence-corrected chi connectivity index (χ3v) is 5.32. The lowest BCUT2D eigenvalue weighted by atomic mass is 10.1. The lowest BCUT2D eigenvalue weighted by Crippen LogP contribution is -2.33. The molecule has 0 N–H and O–H groups in total. The van der Waals surface area contributed by atoms with E-state index in [0.717, 1.165) is 5.69 Å². The van der Waals surface area contributed by atoms with Crippen LogP contribution in [0.1, 0.15) is 16.1 Å². The number of fused-ring (bicyclic) bond motifs is 1. The average molecular weight is 414 g/mol. The van der Waals surface area contributed by atoms with E-state index in [1.165, 1.54) is 7.11 Å². The van der Waals surface area contributed by atoms with E-state index in [2.05, 4.69) is 4.98 Å². The number of aryl methyl sites for hydroxylation is 1. The van der Waals surface area contributed by atoms with Gasteiger partial charge >= 0.3 is 0 Å². The Balaban J connectivity index is 1.39. The number of hydrogen-bond acceptors (Lipinski definition) is 7. The Hall–Kier alpha value is -2.84. The number of pyridine rings is 1. The van der Waals surface area contributed by atoms with Gasteiger partial charge in [-0.25, -0.2) is 0 Å². The van der Waals surface area contributed by atoms with Crippen molar-refractivity contribution >= 4 is 5.91 Å². The number of aromatic nitrogens is 1. The lowest BCUT2D eigenvalue weighted by Gasteiger charge is -2.21. The highest BCUT2D eigenvalue weighted by Gasteiger charge is 2.40. The smallest absolute Gasteiger partial charge is 0.257 e. The summed E-state index contributed by atoms with van der Waals surface area (Å²) in [5.74, 6) is 1.50. The second-order valence-corrected chi connectivity index (χ2v) is 7.37. The molecule has 0 saturated carbocycles. The minimum atomic E-state index is -0.220. The van der Waals surface area contributed by atoms with E-state index in [1.807, 2.05) is 19.1 Å². The molecule has 0 radical (unpaired) electrons. The molecule has 0 unspecified atom stereocenters. The van der Waals surface area contributed by atoms with Crippen molar-refractivity contribution in [1.29, 1.82) is 0 Å². The maximum absolute atomic E-state index is 13.1. The fraction of sp³-hybridized carbons (Fsp3) is 0.455. The first-order valence-corrected chi connectivity index (χ1v) is 9.92. The summed E-state index contributed by atoms with van der Waals surface area (Å²) in [7, 11) is 3.07. The molecule has 30 heavy (non-hydrogen) atoms. The van der Waals surface area contributed by atoms with Crippen molar-refractivity contribution in [3.8, 4) is 17.2 Å². The topological polar surface area (TPSA) is 79.4 Å². The molecule has 2 aromatic rings. The Morgan fingerprint density at radius 2 is 1.80 bits per heavy atom. The van der Waals surface area contributed by atoms with Gasteiger partial charge in [0.25, 0.3) is 5.91 Å². The van der Waals surface area contributed by atoms with Crippen molar-refractivity contribution < 1.29 is 28.5 Å². The molecule has 2 atom stereocenters. The monoisotopic (exact) mass is 414 g/mol. The fourth-order valence-corrected chi connectivity index (χ4v) is 3.75. The molecule has 0 aliphatic carbocycles. The number of rotatable bonds is 5. The van der Waals surface area contributed by atoms with Gasteiger partial charge in [-0.2, -0.15) is 0 Å². The zero-order valence-corrected chi connectivity index (χ0v) is 17.4. The van der Waals surface area contributed by atoms with Gasteiger partial charge in [0.05, 0.1) is 39.2 Å². The van der Waals surface area contributed by atoms with E-state index in [-0.39, 0.29) is 24.2 Å². The van der Waals surface area contributed by atoms with Gasteiger partial charge in [-0.1, -0.05) is 6.07 Å². The molecule has 160 valence electrons. The second kappa shape index (κ2) is 8.89. The summed E-state index contributed by atoms with van der Waals surface area (Å²) < 4.78 is 28.7. The molecule has 1 aromatic heterocycles. The van der Waals surface area contributed by atoms with Crippen molar-refractivity contribution in [3.05, 3.63) is 47.8 Å². The van der Waals surface area contributed by atoms with Crippen molar-refractivity contribution in [1.82, 2.24) is 9.88 Å². The zero-order valence-electron chi connectivity index (χ0n) is 17.4. The van der Waals surface area contributed by atoms with Crippen molar-refractivity contribution in [2.75, 3.05) is 40.5 Å². The summed E-state index contributed by atoms with van der Waals surface area (Å²) in [5, 5.41) is 0.